The first-order chi connectivity index (χ1) is 13.1. The van der Waals surface area contributed by atoms with Crippen LogP contribution in [0.1, 0.15) is 13.8 Å². The van der Waals surface area contributed by atoms with Crippen molar-refractivity contribution in [1.82, 2.24) is 0 Å². The summed E-state index contributed by atoms with van der Waals surface area (Å²) in [5.74, 6) is -6.53. The van der Waals surface area contributed by atoms with Crippen LogP contribution in [0.3, 0.4) is 0 Å². The summed E-state index contributed by atoms with van der Waals surface area (Å²) in [6, 6.07) is 0. The fraction of sp³-hybridized carbons (Fsp3) is 1.00. The van der Waals surface area contributed by atoms with Gasteiger partial charge in [-0.25, -0.2) is 18.6 Å². The van der Waals surface area contributed by atoms with E-state index in [2.05, 4.69) is 9.47 Å². The van der Waals surface area contributed by atoms with Crippen LogP contribution in [0.2, 0.25) is 0 Å². The summed E-state index contributed by atoms with van der Waals surface area (Å²) in [5, 5.41) is 0. The van der Waals surface area contributed by atoms with E-state index in [0.717, 1.165) is 0 Å². The number of rotatable bonds is 12. The van der Waals surface area contributed by atoms with E-state index in [4.69, 9.17) is 0 Å². The average molecular weight is 508 g/mol. The third-order valence-corrected chi connectivity index (χ3v) is 2.45. The molecule has 0 spiro atoms. The van der Waals surface area contributed by atoms with Gasteiger partial charge in [0, 0.05) is 13.8 Å². The number of halogens is 16. The van der Waals surface area contributed by atoms with Crippen molar-refractivity contribution in [1.29, 1.82) is 0 Å². The third kappa shape index (κ3) is 7.38. The zero-order valence-electron chi connectivity index (χ0n) is 14.4. The summed E-state index contributed by atoms with van der Waals surface area (Å²) in [7, 11) is 0. The van der Waals surface area contributed by atoms with Crippen molar-refractivity contribution < 1.29 is 89.2 Å². The van der Waals surface area contributed by atoms with Crippen LogP contribution in [-0.2, 0) is 18.9 Å². The monoisotopic (exact) mass is 508 g/mol. The molecule has 0 N–H and O–H groups in total. The molecule has 1 atom stereocenters. The Kier molecular flexibility index (Phi) is 7.91. The number of hydrogen-bond acceptors (Lipinski definition) is 4. The molecule has 0 saturated carbocycles. The first-order valence-electron chi connectivity index (χ1n) is 6.84. The molecule has 31 heavy (non-hydrogen) atoms. The Labute approximate surface area is 159 Å². The van der Waals surface area contributed by atoms with Crippen molar-refractivity contribution in [3.63, 3.8) is 0 Å². The van der Waals surface area contributed by atoms with Gasteiger partial charge in [0.05, 0.1) is 0 Å². The third-order valence-electron chi connectivity index (χ3n) is 2.45. The molecule has 0 aliphatic rings. The molecule has 0 aromatic heterocycles. The van der Waals surface area contributed by atoms with Gasteiger partial charge in [0.25, 0.3) is 0 Å². The first-order valence-corrected chi connectivity index (χ1v) is 6.84. The summed E-state index contributed by atoms with van der Waals surface area (Å²) in [5.41, 5.74) is 0. The van der Waals surface area contributed by atoms with E-state index in [1.165, 1.54) is 0 Å². The Morgan fingerprint density at radius 2 is 0.677 bits per heavy atom. The highest BCUT2D eigenvalue weighted by molar-refractivity contribution is 4.85. The van der Waals surface area contributed by atoms with Crippen LogP contribution in [0, 0.1) is 0 Å². The standard InChI is InChI=1S/C11H8F16O4/c1-4(13,14)28-8(20,21)10(24,25)30-6(17,3-12)7(18,19)31-11(26,27)9(22,23)29-5(2,15)16/h3H2,1-2H3. The summed E-state index contributed by atoms with van der Waals surface area (Å²) in [4.78, 5) is 0. The fourth-order valence-electron chi connectivity index (χ4n) is 1.29. The van der Waals surface area contributed by atoms with Gasteiger partial charge in [0.15, 0.2) is 6.67 Å². The van der Waals surface area contributed by atoms with Crippen molar-refractivity contribution >= 4 is 0 Å². The average Bonchev–Trinajstić information content (AvgIpc) is 2.39. The van der Waals surface area contributed by atoms with Gasteiger partial charge in [-0.3, -0.25) is 4.74 Å². The molecule has 0 radical (unpaired) electrons. The minimum Gasteiger partial charge on any atom is -0.266 e. The fourth-order valence-corrected chi connectivity index (χ4v) is 1.29. The molecule has 0 amide bonds. The molecule has 0 bridgehead atoms. The Morgan fingerprint density at radius 3 is 0.935 bits per heavy atom. The lowest BCUT2D eigenvalue weighted by Crippen LogP contribution is -2.62. The summed E-state index contributed by atoms with van der Waals surface area (Å²) >= 11 is 0. The van der Waals surface area contributed by atoms with E-state index in [-0.39, 0.29) is 0 Å². The Hall–Kier alpha value is -1.28. The molecule has 0 aromatic carbocycles. The van der Waals surface area contributed by atoms with E-state index < -0.39 is 69.1 Å². The van der Waals surface area contributed by atoms with Crippen LogP contribution >= 0.6 is 0 Å². The number of ether oxygens (including phenoxy) is 4. The smallest absolute Gasteiger partial charge is 0.266 e. The van der Waals surface area contributed by atoms with E-state index >= 15 is 0 Å². The lowest BCUT2D eigenvalue weighted by molar-refractivity contribution is -0.558. The number of alkyl halides is 16. The molecule has 188 valence electrons. The lowest BCUT2D eigenvalue weighted by atomic mass is 10.3. The molecular formula is C11H8F16O4. The number of hydrogen-bond donors (Lipinski definition) is 0. The van der Waals surface area contributed by atoms with E-state index in [1.807, 2.05) is 4.74 Å². The van der Waals surface area contributed by atoms with E-state index in [1.54, 1.807) is 4.74 Å². The highest BCUT2D eigenvalue weighted by Gasteiger charge is 2.75. The van der Waals surface area contributed by atoms with Gasteiger partial charge in [0.1, 0.15) is 0 Å². The predicted octanol–water partition coefficient (Wildman–Crippen LogP) is 5.88. The predicted molar refractivity (Wildman–Crippen MR) is 60.1 cm³/mol. The van der Waals surface area contributed by atoms with Crippen LogP contribution in [0.25, 0.3) is 0 Å². The molecule has 0 aliphatic carbocycles. The molecular weight excluding hydrogens is 500 g/mol. The van der Waals surface area contributed by atoms with Gasteiger partial charge >= 0.3 is 48.6 Å². The zero-order valence-corrected chi connectivity index (χ0v) is 14.4. The van der Waals surface area contributed by atoms with E-state index in [0.29, 0.717) is 0 Å². The summed E-state index contributed by atoms with van der Waals surface area (Å²) < 4.78 is 214. The topological polar surface area (TPSA) is 36.9 Å². The molecule has 0 fully saturated rings. The SMILES string of the molecule is CC(F)(F)OC(F)(F)C(F)(F)OC(F)(F)C(F)(CF)OC(F)(F)C(F)(F)OC(C)(F)F. The van der Waals surface area contributed by atoms with Gasteiger partial charge in [-0.15, -0.1) is 0 Å². The van der Waals surface area contributed by atoms with E-state index in [9.17, 15) is 70.2 Å². The lowest BCUT2D eigenvalue weighted by Gasteiger charge is -2.37. The molecule has 0 heterocycles. The van der Waals surface area contributed by atoms with Crippen molar-refractivity contribution in [3.8, 4) is 0 Å². The molecule has 0 aliphatic heterocycles. The molecule has 1 unspecified atom stereocenters. The van der Waals surface area contributed by atoms with Gasteiger partial charge in [-0.05, 0) is 0 Å². The second-order valence-electron chi connectivity index (χ2n) is 5.47. The maximum absolute atomic E-state index is 13.7. The van der Waals surface area contributed by atoms with Crippen molar-refractivity contribution in [3.05, 3.63) is 0 Å². The van der Waals surface area contributed by atoms with Crippen LogP contribution in [0.15, 0.2) is 0 Å². The zero-order chi connectivity index (χ0) is 25.5. The van der Waals surface area contributed by atoms with Crippen LogP contribution < -0.4 is 0 Å². The second-order valence-corrected chi connectivity index (χ2v) is 5.47. The minimum atomic E-state index is -7.10. The van der Waals surface area contributed by atoms with Crippen LogP contribution in [0.5, 0.6) is 0 Å². The Morgan fingerprint density at radius 1 is 0.419 bits per heavy atom. The van der Waals surface area contributed by atoms with Gasteiger partial charge in [0.2, 0.25) is 0 Å². The first kappa shape index (κ1) is 29.7. The maximum atomic E-state index is 13.7. The molecule has 0 rings (SSSR count). The highest BCUT2D eigenvalue weighted by Crippen LogP contribution is 2.50. The molecule has 20 heteroatoms. The normalized spacial score (nSPS) is 17.6. The van der Waals surface area contributed by atoms with Crippen LogP contribution in [0.4, 0.5) is 70.2 Å². The molecule has 4 nitrogen and oxygen atoms in total. The largest absolute Gasteiger partial charge is 0.453 e. The molecule has 0 aromatic rings. The molecule has 0 saturated heterocycles. The van der Waals surface area contributed by atoms with Gasteiger partial charge in [-0.1, -0.05) is 0 Å². The Balaban J connectivity index is 5.97. The summed E-state index contributed by atoms with van der Waals surface area (Å²) in [6.07, 6.45) is -45.1. The maximum Gasteiger partial charge on any atom is 0.453 e. The van der Waals surface area contributed by atoms with Crippen molar-refractivity contribution in [2.45, 2.75) is 62.5 Å². The quantitative estimate of drug-likeness (QED) is 0.309. The Bertz CT molecular complexity index is 612. The van der Waals surface area contributed by atoms with Crippen molar-refractivity contribution in [2.24, 2.45) is 0 Å². The summed E-state index contributed by atoms with van der Waals surface area (Å²) in [6.45, 7) is -5.11. The second kappa shape index (κ2) is 8.25. The van der Waals surface area contributed by atoms with Crippen molar-refractivity contribution in [2.75, 3.05) is 6.67 Å². The highest BCUT2D eigenvalue weighted by atomic mass is 19.4. The van der Waals surface area contributed by atoms with Gasteiger partial charge < -0.3 is 0 Å². The van der Waals surface area contributed by atoms with Gasteiger partial charge in [-0.2, -0.15) is 65.9 Å². The minimum absolute atomic E-state index is 0.626. The van der Waals surface area contributed by atoms with Crippen LogP contribution in [-0.4, -0.2) is 55.3 Å².